The number of hydrogen-bond acceptors (Lipinski definition) is 4. The minimum Gasteiger partial charge on any atom is -0.488 e. The first-order valence-corrected chi connectivity index (χ1v) is 8.42. The molecule has 6 heteroatoms. The Morgan fingerprint density at radius 1 is 1.16 bits per heavy atom. The molecule has 1 atom stereocenters. The molecule has 0 saturated carbocycles. The average molecular weight is 354 g/mol. The van der Waals surface area contributed by atoms with Gasteiger partial charge in [0.2, 0.25) is 0 Å². The van der Waals surface area contributed by atoms with Crippen molar-refractivity contribution in [1.29, 1.82) is 0 Å². The number of aromatic nitrogens is 2. The summed E-state index contributed by atoms with van der Waals surface area (Å²) in [5, 5.41) is 7.51. The molecule has 1 N–H and O–H groups in total. The number of hydrogen-bond donors (Lipinski definition) is 1. The van der Waals surface area contributed by atoms with Crippen molar-refractivity contribution in [2.75, 3.05) is 11.9 Å². The minimum absolute atomic E-state index is 0.00465. The van der Waals surface area contributed by atoms with Gasteiger partial charge in [0, 0.05) is 6.42 Å². The summed E-state index contributed by atoms with van der Waals surface area (Å²) in [5.41, 5.74) is 2.03. The summed E-state index contributed by atoms with van der Waals surface area (Å²) in [4.78, 5) is 12.5. The summed E-state index contributed by atoms with van der Waals surface area (Å²) in [7, 11) is 0. The van der Waals surface area contributed by atoms with Crippen molar-refractivity contribution in [2.24, 2.45) is 0 Å². The van der Waals surface area contributed by atoms with E-state index in [1.54, 1.807) is 18.3 Å². The fourth-order valence-corrected chi connectivity index (χ4v) is 3.10. The van der Waals surface area contributed by atoms with Crippen molar-refractivity contribution in [3.63, 3.8) is 0 Å². The summed E-state index contributed by atoms with van der Waals surface area (Å²) in [6.45, 7) is 0.546. The van der Waals surface area contributed by atoms with Crippen LogP contribution in [-0.2, 0) is 6.42 Å². The van der Waals surface area contributed by atoms with Gasteiger partial charge in [-0.3, -0.25) is 4.79 Å². The van der Waals surface area contributed by atoms with Crippen molar-refractivity contribution in [3.05, 3.63) is 81.7 Å². The van der Waals surface area contributed by atoms with Crippen molar-refractivity contribution < 1.29 is 4.74 Å². The van der Waals surface area contributed by atoms with Gasteiger partial charge in [-0.15, -0.1) is 0 Å². The molecule has 1 aliphatic heterocycles. The number of anilines is 1. The van der Waals surface area contributed by atoms with E-state index in [-0.39, 0.29) is 16.7 Å². The number of ether oxygens (including phenoxy) is 1. The quantitative estimate of drug-likeness (QED) is 0.782. The fraction of sp³-hybridized carbons (Fsp3) is 0.158. The maximum absolute atomic E-state index is 12.5. The highest BCUT2D eigenvalue weighted by atomic mass is 35.5. The fourth-order valence-electron chi connectivity index (χ4n) is 2.90. The lowest BCUT2D eigenvalue weighted by atomic mass is 10.1. The van der Waals surface area contributed by atoms with E-state index in [1.165, 1.54) is 10.2 Å². The molecular formula is C19H16ClN3O2. The Morgan fingerprint density at radius 2 is 1.92 bits per heavy atom. The molecule has 1 unspecified atom stereocenters. The maximum Gasteiger partial charge on any atom is 0.292 e. The topological polar surface area (TPSA) is 56.1 Å². The highest BCUT2D eigenvalue weighted by Gasteiger charge is 2.22. The van der Waals surface area contributed by atoms with E-state index in [4.69, 9.17) is 16.3 Å². The Kier molecular flexibility index (Phi) is 4.15. The minimum atomic E-state index is -0.353. The highest BCUT2D eigenvalue weighted by molar-refractivity contribution is 6.32. The van der Waals surface area contributed by atoms with Crippen LogP contribution in [0.1, 0.15) is 5.56 Å². The van der Waals surface area contributed by atoms with Gasteiger partial charge in [0.25, 0.3) is 5.56 Å². The van der Waals surface area contributed by atoms with Gasteiger partial charge in [0.15, 0.2) is 0 Å². The second-order valence-electron chi connectivity index (χ2n) is 5.86. The number of fused-ring (bicyclic) bond motifs is 1. The monoisotopic (exact) mass is 353 g/mol. The number of nitrogens with zero attached hydrogens (tertiary/aromatic N) is 2. The molecule has 2 heterocycles. The van der Waals surface area contributed by atoms with Crippen LogP contribution in [0.5, 0.6) is 5.75 Å². The van der Waals surface area contributed by atoms with Crippen LogP contribution >= 0.6 is 11.6 Å². The summed E-state index contributed by atoms with van der Waals surface area (Å²) in [6, 6.07) is 17.2. The highest BCUT2D eigenvalue weighted by Crippen LogP contribution is 2.28. The molecule has 0 saturated heterocycles. The van der Waals surface area contributed by atoms with E-state index in [9.17, 15) is 4.79 Å². The van der Waals surface area contributed by atoms with Crippen LogP contribution in [0.3, 0.4) is 0 Å². The normalized spacial score (nSPS) is 15.5. The van der Waals surface area contributed by atoms with Gasteiger partial charge in [-0.25, -0.2) is 0 Å². The average Bonchev–Trinajstić information content (AvgIpc) is 3.06. The molecule has 0 aliphatic carbocycles. The smallest absolute Gasteiger partial charge is 0.292 e. The van der Waals surface area contributed by atoms with Crippen molar-refractivity contribution in [1.82, 2.24) is 9.78 Å². The Bertz CT molecular complexity index is 931. The standard InChI is InChI=1S/C19H16ClN3O2/c20-18-16(12-22-23(19(18)24)14-7-2-1-3-8-14)21-11-15-10-13-6-4-5-9-17(13)25-15/h1-9,12,15,21H,10-11H2. The maximum atomic E-state index is 12.5. The molecule has 2 aromatic carbocycles. The van der Waals surface area contributed by atoms with E-state index in [1.807, 2.05) is 36.4 Å². The molecule has 1 aromatic heterocycles. The molecule has 1 aliphatic rings. The SMILES string of the molecule is O=c1c(Cl)c(NCC2Cc3ccccc3O2)cnn1-c1ccccc1. The molecule has 4 rings (SSSR count). The first-order chi connectivity index (χ1) is 12.2. The number of benzene rings is 2. The van der Waals surface area contributed by atoms with Crippen molar-refractivity contribution in [3.8, 4) is 11.4 Å². The van der Waals surface area contributed by atoms with Crippen LogP contribution in [0, 0.1) is 0 Å². The number of rotatable bonds is 4. The van der Waals surface area contributed by atoms with E-state index in [0.29, 0.717) is 17.9 Å². The lowest BCUT2D eigenvalue weighted by Gasteiger charge is -2.14. The first kappa shape index (κ1) is 15.7. The van der Waals surface area contributed by atoms with E-state index >= 15 is 0 Å². The predicted molar refractivity (Wildman–Crippen MR) is 97.9 cm³/mol. The van der Waals surface area contributed by atoms with Crippen molar-refractivity contribution >= 4 is 17.3 Å². The van der Waals surface area contributed by atoms with Gasteiger partial charge in [0.1, 0.15) is 16.9 Å². The zero-order chi connectivity index (χ0) is 17.2. The lowest BCUT2D eigenvalue weighted by Crippen LogP contribution is -2.27. The first-order valence-electron chi connectivity index (χ1n) is 8.04. The van der Waals surface area contributed by atoms with E-state index < -0.39 is 0 Å². The lowest BCUT2D eigenvalue weighted by molar-refractivity contribution is 0.246. The third kappa shape index (κ3) is 3.10. The largest absolute Gasteiger partial charge is 0.488 e. The summed E-state index contributed by atoms with van der Waals surface area (Å²) in [5.74, 6) is 0.915. The van der Waals surface area contributed by atoms with Crippen LogP contribution in [-0.4, -0.2) is 22.4 Å². The predicted octanol–water partition coefficient (Wildman–Crippen LogP) is 3.30. The molecule has 0 bridgehead atoms. The third-order valence-electron chi connectivity index (χ3n) is 4.15. The molecular weight excluding hydrogens is 338 g/mol. The van der Waals surface area contributed by atoms with Crippen LogP contribution < -0.4 is 15.6 Å². The van der Waals surface area contributed by atoms with Crippen LogP contribution in [0.4, 0.5) is 5.69 Å². The summed E-state index contributed by atoms with van der Waals surface area (Å²) >= 11 is 6.25. The second-order valence-corrected chi connectivity index (χ2v) is 6.24. The van der Waals surface area contributed by atoms with Gasteiger partial charge in [-0.2, -0.15) is 9.78 Å². The summed E-state index contributed by atoms with van der Waals surface area (Å²) in [6.07, 6.45) is 2.40. The molecule has 0 amide bonds. The molecule has 0 radical (unpaired) electrons. The van der Waals surface area contributed by atoms with Gasteiger partial charge in [-0.05, 0) is 23.8 Å². The Morgan fingerprint density at radius 3 is 2.72 bits per heavy atom. The molecule has 25 heavy (non-hydrogen) atoms. The molecule has 5 nitrogen and oxygen atoms in total. The number of nitrogens with one attached hydrogen (secondary N) is 1. The van der Waals surface area contributed by atoms with E-state index in [0.717, 1.165) is 12.2 Å². The van der Waals surface area contributed by atoms with Crippen LogP contribution in [0.15, 0.2) is 65.6 Å². The molecule has 0 fully saturated rings. The van der Waals surface area contributed by atoms with Gasteiger partial charge < -0.3 is 10.1 Å². The zero-order valence-corrected chi connectivity index (χ0v) is 14.1. The van der Waals surface area contributed by atoms with Crippen LogP contribution in [0.2, 0.25) is 5.02 Å². The number of para-hydroxylation sites is 2. The van der Waals surface area contributed by atoms with Gasteiger partial charge >= 0.3 is 0 Å². The number of halogens is 1. The Balaban J connectivity index is 1.49. The van der Waals surface area contributed by atoms with Crippen molar-refractivity contribution in [2.45, 2.75) is 12.5 Å². The van der Waals surface area contributed by atoms with Gasteiger partial charge in [0.05, 0.1) is 24.1 Å². The molecule has 0 spiro atoms. The van der Waals surface area contributed by atoms with Crippen LogP contribution in [0.25, 0.3) is 5.69 Å². The molecule has 3 aromatic rings. The summed E-state index contributed by atoms with van der Waals surface area (Å²) < 4.78 is 7.17. The Hall–Kier alpha value is -2.79. The molecule has 126 valence electrons. The Labute approximate surface area is 149 Å². The zero-order valence-electron chi connectivity index (χ0n) is 13.4. The second kappa shape index (κ2) is 6.61. The third-order valence-corrected chi connectivity index (χ3v) is 4.52. The van der Waals surface area contributed by atoms with E-state index in [2.05, 4.69) is 16.5 Å². The van der Waals surface area contributed by atoms with Gasteiger partial charge in [-0.1, -0.05) is 48.0 Å².